The number of rotatable bonds is 4. The molecule has 0 spiro atoms. The van der Waals surface area contributed by atoms with Gasteiger partial charge in [0.15, 0.2) is 12.4 Å². The largest absolute Gasteiger partial charge is 0.602 e. The van der Waals surface area contributed by atoms with E-state index < -0.39 is 12.1 Å². The summed E-state index contributed by atoms with van der Waals surface area (Å²) in [4.78, 5) is 23.2. The maximum Gasteiger partial charge on any atom is 0.602 e. The van der Waals surface area contributed by atoms with Crippen LogP contribution in [0.1, 0.15) is 10.4 Å². The van der Waals surface area contributed by atoms with E-state index in [4.69, 9.17) is 9.47 Å². The van der Waals surface area contributed by atoms with Crippen LogP contribution in [-0.4, -0.2) is 25.3 Å². The van der Waals surface area contributed by atoms with Gasteiger partial charge in [-0.3, -0.25) is 0 Å². The minimum atomic E-state index is -0.513. The van der Waals surface area contributed by atoms with Crippen molar-refractivity contribution in [3.8, 4) is 0 Å². The zero-order valence-corrected chi connectivity index (χ0v) is 10.8. The Balaban J connectivity index is 1.72. The van der Waals surface area contributed by atoms with E-state index in [1.165, 1.54) is 4.57 Å². The maximum absolute atomic E-state index is 11.6. The Labute approximate surface area is 116 Å². The van der Waals surface area contributed by atoms with Crippen molar-refractivity contribution >= 4 is 12.1 Å². The summed E-state index contributed by atoms with van der Waals surface area (Å²) in [5.74, 6) is -0.436. The highest BCUT2D eigenvalue weighted by Crippen LogP contribution is 2.00. The van der Waals surface area contributed by atoms with E-state index in [2.05, 4.69) is 0 Å². The van der Waals surface area contributed by atoms with Crippen LogP contribution in [0, 0.1) is 0 Å². The fraction of sp³-hybridized carbons (Fsp3) is 0.133. The summed E-state index contributed by atoms with van der Waals surface area (Å²) < 4.78 is 11.3. The quantitative estimate of drug-likeness (QED) is 0.484. The van der Waals surface area contributed by atoms with Gasteiger partial charge in [0.05, 0.1) is 5.56 Å². The topological polar surface area (TPSA) is 56.5 Å². The maximum atomic E-state index is 11.6. The van der Waals surface area contributed by atoms with Crippen molar-refractivity contribution in [1.82, 2.24) is 0 Å². The van der Waals surface area contributed by atoms with E-state index >= 15 is 0 Å². The van der Waals surface area contributed by atoms with Crippen molar-refractivity contribution in [1.29, 1.82) is 0 Å². The molecule has 2 aromatic rings. The van der Waals surface area contributed by atoms with Gasteiger partial charge in [0, 0.05) is 12.1 Å². The van der Waals surface area contributed by atoms with Gasteiger partial charge in [-0.1, -0.05) is 28.8 Å². The highest BCUT2D eigenvalue weighted by Gasteiger charge is 2.14. The third kappa shape index (κ3) is 3.91. The lowest BCUT2D eigenvalue weighted by Crippen LogP contribution is -2.42. The molecule has 5 heteroatoms. The number of ether oxygens (including phenoxy) is 2. The molecule has 0 aliphatic carbocycles. The minimum absolute atomic E-state index is 0.0132. The molecular formula is C15H14NO4+. The number of hydrogen-bond acceptors (Lipinski definition) is 4. The predicted molar refractivity (Wildman–Crippen MR) is 70.1 cm³/mol. The summed E-state index contributed by atoms with van der Waals surface area (Å²) in [6.07, 6.45) is 2.65. The Morgan fingerprint density at radius 1 is 0.850 bits per heavy atom. The molecule has 0 unspecified atom stereocenters. The molecule has 0 aliphatic heterocycles. The molecule has 1 aromatic heterocycles. The third-order valence-electron chi connectivity index (χ3n) is 2.48. The second-order valence-electron chi connectivity index (χ2n) is 3.90. The number of nitrogens with zero attached hydrogens (tertiary/aromatic N) is 1. The molecule has 0 saturated heterocycles. The van der Waals surface area contributed by atoms with Crippen molar-refractivity contribution in [2.24, 2.45) is 0 Å². The van der Waals surface area contributed by atoms with E-state index in [1.807, 2.05) is 6.07 Å². The van der Waals surface area contributed by atoms with Crippen molar-refractivity contribution in [3.05, 3.63) is 66.5 Å². The lowest BCUT2D eigenvalue weighted by molar-refractivity contribution is -0.586. The van der Waals surface area contributed by atoms with E-state index in [9.17, 15) is 9.59 Å². The second kappa shape index (κ2) is 7.04. The van der Waals surface area contributed by atoms with Crippen LogP contribution >= 0.6 is 0 Å². The van der Waals surface area contributed by atoms with Crippen molar-refractivity contribution in [2.45, 2.75) is 0 Å². The number of benzene rings is 1. The summed E-state index contributed by atoms with van der Waals surface area (Å²) in [6, 6.07) is 13.9. The van der Waals surface area contributed by atoms with Crippen LogP contribution in [0.2, 0.25) is 0 Å². The summed E-state index contributed by atoms with van der Waals surface area (Å²) in [5, 5.41) is 0. The average Bonchev–Trinajstić information content (AvgIpc) is 2.53. The normalized spacial score (nSPS) is 9.80. The molecular weight excluding hydrogens is 258 g/mol. The van der Waals surface area contributed by atoms with Gasteiger partial charge in [-0.05, 0) is 12.1 Å². The summed E-state index contributed by atoms with van der Waals surface area (Å²) in [7, 11) is 0. The van der Waals surface area contributed by atoms with Crippen LogP contribution in [0.5, 0.6) is 0 Å². The van der Waals surface area contributed by atoms with Crippen LogP contribution in [0.25, 0.3) is 0 Å². The summed E-state index contributed by atoms with van der Waals surface area (Å²) >= 11 is 0. The first-order chi connectivity index (χ1) is 9.77. The molecule has 0 amide bonds. The molecule has 1 heterocycles. The van der Waals surface area contributed by atoms with E-state index in [1.54, 1.807) is 54.9 Å². The molecule has 0 aliphatic rings. The third-order valence-corrected chi connectivity index (χ3v) is 2.48. The standard InChI is InChI=1S/C15H14NO4/c17-14(13-7-3-1-4-8-13)19-11-12-20-15(18)16-9-5-2-6-10-16/h1-10H,11-12H2/q+1. The molecule has 2 rings (SSSR count). The Hall–Kier alpha value is -2.69. The zero-order chi connectivity index (χ0) is 14.2. The van der Waals surface area contributed by atoms with Crippen LogP contribution in [-0.2, 0) is 9.47 Å². The smallest absolute Gasteiger partial charge is 0.458 e. The van der Waals surface area contributed by atoms with E-state index in [-0.39, 0.29) is 13.2 Å². The predicted octanol–water partition coefficient (Wildman–Crippen LogP) is 1.82. The highest BCUT2D eigenvalue weighted by atomic mass is 16.6. The van der Waals surface area contributed by atoms with Gasteiger partial charge in [0.2, 0.25) is 0 Å². The lowest BCUT2D eigenvalue weighted by atomic mass is 10.2. The molecule has 0 fully saturated rings. The van der Waals surface area contributed by atoms with Gasteiger partial charge >= 0.3 is 12.1 Å². The summed E-state index contributed by atoms with van der Waals surface area (Å²) in [5.41, 5.74) is 0.469. The molecule has 1 aromatic carbocycles. The van der Waals surface area contributed by atoms with Gasteiger partial charge < -0.3 is 9.47 Å². The van der Waals surface area contributed by atoms with Crippen LogP contribution < -0.4 is 4.57 Å². The number of carbonyl (C=O) groups excluding carboxylic acids is 2. The molecule has 20 heavy (non-hydrogen) atoms. The average molecular weight is 272 g/mol. The first kappa shape index (κ1) is 13.7. The second-order valence-corrected chi connectivity index (χ2v) is 3.90. The molecule has 5 nitrogen and oxygen atoms in total. The Morgan fingerprint density at radius 2 is 1.45 bits per heavy atom. The monoisotopic (exact) mass is 272 g/mol. The molecule has 102 valence electrons. The van der Waals surface area contributed by atoms with Crippen molar-refractivity contribution < 1.29 is 23.6 Å². The molecule has 0 atom stereocenters. The molecule has 0 saturated carbocycles. The molecule has 0 radical (unpaired) electrons. The summed E-state index contributed by atoms with van der Waals surface area (Å²) in [6.45, 7) is 0.0339. The molecule has 0 bridgehead atoms. The number of esters is 1. The number of hydrogen-bond donors (Lipinski definition) is 0. The van der Waals surface area contributed by atoms with Gasteiger partial charge in [-0.15, -0.1) is 0 Å². The Kier molecular flexibility index (Phi) is 4.83. The van der Waals surface area contributed by atoms with Gasteiger partial charge in [0.25, 0.3) is 0 Å². The van der Waals surface area contributed by atoms with Crippen LogP contribution in [0.4, 0.5) is 4.79 Å². The van der Waals surface area contributed by atoms with E-state index in [0.29, 0.717) is 5.56 Å². The zero-order valence-electron chi connectivity index (χ0n) is 10.8. The van der Waals surface area contributed by atoms with Gasteiger partial charge in [-0.2, -0.15) is 4.79 Å². The fourth-order valence-corrected chi connectivity index (χ4v) is 1.52. The van der Waals surface area contributed by atoms with Crippen LogP contribution in [0.15, 0.2) is 60.9 Å². The Morgan fingerprint density at radius 3 is 2.15 bits per heavy atom. The first-order valence-corrected chi connectivity index (χ1v) is 6.13. The van der Waals surface area contributed by atoms with Crippen molar-refractivity contribution in [2.75, 3.05) is 13.2 Å². The molecule has 0 N–H and O–H groups in total. The minimum Gasteiger partial charge on any atom is -0.458 e. The number of aromatic nitrogens is 1. The Bertz CT molecular complexity index is 515. The SMILES string of the molecule is O=C(OCCOC(=O)[n+]1ccccc1)c1ccccc1. The first-order valence-electron chi connectivity index (χ1n) is 6.13. The number of carbonyl (C=O) groups is 2. The van der Waals surface area contributed by atoms with E-state index in [0.717, 1.165) is 0 Å². The lowest BCUT2D eigenvalue weighted by Gasteiger charge is -2.03. The number of pyridine rings is 1. The highest BCUT2D eigenvalue weighted by molar-refractivity contribution is 5.89. The van der Waals surface area contributed by atoms with Crippen molar-refractivity contribution in [3.63, 3.8) is 0 Å². The van der Waals surface area contributed by atoms with Gasteiger partial charge in [0.1, 0.15) is 13.2 Å². The van der Waals surface area contributed by atoms with Crippen LogP contribution in [0.3, 0.4) is 0 Å². The van der Waals surface area contributed by atoms with Gasteiger partial charge in [-0.25, -0.2) is 4.79 Å². The fourth-order valence-electron chi connectivity index (χ4n) is 1.52.